The summed E-state index contributed by atoms with van der Waals surface area (Å²) in [4.78, 5) is 21.6. The molecule has 2 aromatic carbocycles. The maximum absolute atomic E-state index is 15.0. The van der Waals surface area contributed by atoms with Gasteiger partial charge >= 0.3 is 0 Å². The number of aliphatic hydroxyl groups excluding tert-OH is 2. The number of anilines is 1. The van der Waals surface area contributed by atoms with E-state index in [4.69, 9.17) is 5.73 Å². The van der Waals surface area contributed by atoms with Gasteiger partial charge in [-0.2, -0.15) is 0 Å². The Labute approximate surface area is 209 Å². The van der Waals surface area contributed by atoms with Gasteiger partial charge in [0.1, 0.15) is 23.1 Å². The van der Waals surface area contributed by atoms with Gasteiger partial charge in [0.25, 0.3) is 5.91 Å². The van der Waals surface area contributed by atoms with Crippen molar-refractivity contribution in [2.24, 2.45) is 0 Å². The molecule has 0 spiro atoms. The highest BCUT2D eigenvalue weighted by molar-refractivity contribution is 9.10. The number of nitrogens with zero attached hydrogens (tertiary/aromatic N) is 2. The molecule has 1 heterocycles. The lowest BCUT2D eigenvalue weighted by atomic mass is 9.85. The van der Waals surface area contributed by atoms with Crippen LogP contribution < -0.4 is 11.1 Å². The number of aliphatic hydroxyl groups is 2. The summed E-state index contributed by atoms with van der Waals surface area (Å²) in [6.07, 6.45) is 4.24. The summed E-state index contributed by atoms with van der Waals surface area (Å²) >= 11 is 3.18. The highest BCUT2D eigenvalue weighted by atomic mass is 79.9. The number of halogens is 3. The van der Waals surface area contributed by atoms with Gasteiger partial charge < -0.3 is 21.3 Å². The molecular formula is C25H25BrF2N4O3. The third-order valence-electron chi connectivity index (χ3n) is 6.20. The molecule has 1 aliphatic carbocycles. The minimum absolute atomic E-state index is 0.137. The van der Waals surface area contributed by atoms with Crippen molar-refractivity contribution in [3.05, 3.63) is 75.5 Å². The van der Waals surface area contributed by atoms with Crippen molar-refractivity contribution in [3.8, 4) is 11.3 Å². The second-order valence-corrected chi connectivity index (χ2v) is 9.56. The Kier molecular flexibility index (Phi) is 7.73. The number of carbonyl (C=O) groups excluding carboxylic acids is 1. The van der Waals surface area contributed by atoms with Crippen molar-refractivity contribution in [2.45, 2.75) is 43.7 Å². The molecule has 35 heavy (non-hydrogen) atoms. The van der Waals surface area contributed by atoms with E-state index in [1.807, 2.05) is 0 Å². The van der Waals surface area contributed by atoms with E-state index in [1.165, 1.54) is 24.3 Å². The van der Waals surface area contributed by atoms with Crippen molar-refractivity contribution in [2.75, 3.05) is 12.3 Å². The fourth-order valence-electron chi connectivity index (χ4n) is 4.29. The molecular weight excluding hydrogens is 522 g/mol. The summed E-state index contributed by atoms with van der Waals surface area (Å²) in [5.41, 5.74) is 7.52. The molecule has 1 atom stereocenters. The fourth-order valence-corrected chi connectivity index (χ4v) is 4.77. The number of hydrogen-bond donors (Lipinski definition) is 4. The molecule has 184 valence electrons. The number of hydrogen-bond acceptors (Lipinski definition) is 6. The van der Waals surface area contributed by atoms with E-state index in [1.54, 1.807) is 12.3 Å². The standard InChI is InChI=1S/C25H25BrF2N4O3/c26-16-7-15(8-17(27)10-16)22(12-33)32-25(35)19-6-3-14(9-20(19)28)23-24(29)30-11-21(31-23)13-1-4-18(34)5-2-13/h3,6-11,13,18,22,33-34H,1-2,4-5,12H2,(H2,29,30)(H,32,35)/t13-,18-,22-/m1/s1. The number of carbonyl (C=O) groups is 1. The first-order valence-corrected chi connectivity index (χ1v) is 12.0. The Bertz CT molecular complexity index is 1220. The van der Waals surface area contributed by atoms with Crippen LogP contribution in [0.4, 0.5) is 14.6 Å². The normalized spacial score (nSPS) is 18.8. The van der Waals surface area contributed by atoms with Crippen molar-refractivity contribution < 1.29 is 23.8 Å². The Morgan fingerprint density at radius 1 is 1.17 bits per heavy atom. The molecule has 3 aromatic rings. The Morgan fingerprint density at radius 2 is 1.91 bits per heavy atom. The van der Waals surface area contributed by atoms with Crippen molar-refractivity contribution in [1.29, 1.82) is 0 Å². The van der Waals surface area contributed by atoms with Gasteiger partial charge in [0.15, 0.2) is 0 Å². The summed E-state index contributed by atoms with van der Waals surface area (Å²) in [6, 6.07) is 7.06. The van der Waals surface area contributed by atoms with Gasteiger partial charge in [-0.05, 0) is 61.6 Å². The third-order valence-corrected chi connectivity index (χ3v) is 6.65. The van der Waals surface area contributed by atoms with Crippen molar-refractivity contribution in [1.82, 2.24) is 15.3 Å². The number of rotatable bonds is 6. The zero-order chi connectivity index (χ0) is 25.1. The minimum atomic E-state index is -0.930. The van der Waals surface area contributed by atoms with E-state index < -0.39 is 30.2 Å². The third kappa shape index (κ3) is 5.83. The Balaban J connectivity index is 1.55. The van der Waals surface area contributed by atoms with Gasteiger partial charge in [-0.1, -0.05) is 22.0 Å². The zero-order valence-corrected chi connectivity index (χ0v) is 20.3. The fraction of sp³-hybridized carbons (Fsp3) is 0.320. The summed E-state index contributed by atoms with van der Waals surface area (Å²) in [6.45, 7) is -0.502. The molecule has 5 N–H and O–H groups in total. The predicted octanol–water partition coefficient (Wildman–Crippen LogP) is 4.25. The van der Waals surface area contributed by atoms with E-state index in [0.717, 1.165) is 24.6 Å². The van der Waals surface area contributed by atoms with E-state index in [9.17, 15) is 23.8 Å². The quantitative estimate of drug-likeness (QED) is 0.366. The maximum atomic E-state index is 15.0. The van der Waals surface area contributed by atoms with Crippen LogP contribution in [0.2, 0.25) is 0 Å². The Hall–Kier alpha value is -2.95. The van der Waals surface area contributed by atoms with Crippen molar-refractivity contribution >= 4 is 27.7 Å². The number of nitrogens with two attached hydrogens (primary N) is 1. The van der Waals surface area contributed by atoms with Crippen LogP contribution in [-0.2, 0) is 0 Å². The zero-order valence-electron chi connectivity index (χ0n) is 18.7. The van der Waals surface area contributed by atoms with Crippen LogP contribution in [0.3, 0.4) is 0 Å². The van der Waals surface area contributed by atoms with Crippen LogP contribution in [0.25, 0.3) is 11.3 Å². The first-order valence-electron chi connectivity index (χ1n) is 11.2. The molecule has 7 nitrogen and oxygen atoms in total. The van der Waals surface area contributed by atoms with Gasteiger partial charge in [0.2, 0.25) is 0 Å². The molecule has 1 aliphatic rings. The first kappa shape index (κ1) is 25.2. The molecule has 0 aliphatic heterocycles. The molecule has 4 rings (SSSR count). The summed E-state index contributed by atoms with van der Waals surface area (Å²) in [5.74, 6) is -1.83. The maximum Gasteiger partial charge on any atom is 0.254 e. The topological polar surface area (TPSA) is 121 Å². The summed E-state index contributed by atoms with van der Waals surface area (Å²) in [5, 5.41) is 22.0. The van der Waals surface area contributed by atoms with Crippen LogP contribution >= 0.6 is 15.9 Å². The highest BCUT2D eigenvalue weighted by Crippen LogP contribution is 2.34. The first-order chi connectivity index (χ1) is 16.7. The molecule has 1 saturated carbocycles. The largest absolute Gasteiger partial charge is 0.394 e. The molecule has 0 bridgehead atoms. The van der Waals surface area contributed by atoms with Crippen molar-refractivity contribution in [3.63, 3.8) is 0 Å². The summed E-state index contributed by atoms with van der Waals surface area (Å²) in [7, 11) is 0. The van der Waals surface area contributed by atoms with E-state index in [0.29, 0.717) is 34.1 Å². The average molecular weight is 547 g/mol. The molecule has 1 amide bonds. The van der Waals surface area contributed by atoms with E-state index in [-0.39, 0.29) is 23.4 Å². The van der Waals surface area contributed by atoms with E-state index in [2.05, 4.69) is 31.2 Å². The van der Waals surface area contributed by atoms with Crippen LogP contribution in [0, 0.1) is 11.6 Å². The molecule has 0 radical (unpaired) electrons. The predicted molar refractivity (Wildman–Crippen MR) is 130 cm³/mol. The van der Waals surface area contributed by atoms with Gasteiger partial charge in [0.05, 0.1) is 36.2 Å². The smallest absolute Gasteiger partial charge is 0.254 e. The van der Waals surface area contributed by atoms with Crippen LogP contribution in [0.1, 0.15) is 59.3 Å². The SMILES string of the molecule is Nc1ncc([C@H]2CC[C@H](O)CC2)nc1-c1ccc(C(=O)N[C@H](CO)c2cc(F)cc(Br)c2)c(F)c1. The molecule has 0 saturated heterocycles. The van der Waals surface area contributed by atoms with Gasteiger partial charge in [-0.15, -0.1) is 0 Å². The summed E-state index contributed by atoms with van der Waals surface area (Å²) < 4.78 is 29.2. The number of benzene rings is 2. The van der Waals surface area contributed by atoms with Gasteiger partial charge in [-0.25, -0.2) is 18.7 Å². The molecule has 1 aromatic heterocycles. The molecule has 0 unspecified atom stereocenters. The molecule has 1 fully saturated rings. The number of amides is 1. The monoisotopic (exact) mass is 546 g/mol. The lowest BCUT2D eigenvalue weighted by Crippen LogP contribution is -2.31. The van der Waals surface area contributed by atoms with Gasteiger partial charge in [0, 0.05) is 16.0 Å². The second kappa shape index (κ2) is 10.8. The highest BCUT2D eigenvalue weighted by Gasteiger charge is 2.24. The minimum Gasteiger partial charge on any atom is -0.394 e. The lowest BCUT2D eigenvalue weighted by Gasteiger charge is -2.25. The van der Waals surface area contributed by atoms with E-state index >= 15 is 0 Å². The lowest BCUT2D eigenvalue weighted by molar-refractivity contribution is 0.0912. The number of nitrogen functional groups attached to an aromatic ring is 1. The van der Waals surface area contributed by atoms with Crippen LogP contribution in [-0.4, -0.2) is 38.8 Å². The molecule has 10 heteroatoms. The van der Waals surface area contributed by atoms with Crippen LogP contribution in [0.5, 0.6) is 0 Å². The number of aromatic nitrogens is 2. The van der Waals surface area contributed by atoms with Gasteiger partial charge in [-0.3, -0.25) is 4.79 Å². The average Bonchev–Trinajstić information content (AvgIpc) is 2.82. The van der Waals surface area contributed by atoms with Crippen LogP contribution in [0.15, 0.2) is 47.1 Å². The second-order valence-electron chi connectivity index (χ2n) is 8.64. The number of nitrogens with one attached hydrogen (secondary N) is 1. The Morgan fingerprint density at radius 3 is 2.57 bits per heavy atom.